The van der Waals surface area contributed by atoms with E-state index >= 15 is 0 Å². The van der Waals surface area contributed by atoms with Crippen molar-refractivity contribution in [3.8, 4) is 0 Å². The van der Waals surface area contributed by atoms with Gasteiger partial charge in [-0.15, -0.1) is 0 Å². The van der Waals surface area contributed by atoms with Gasteiger partial charge in [-0.3, -0.25) is 9.59 Å². The number of carbonyl (C=O) groups excluding carboxylic acids is 2. The normalized spacial score (nSPS) is 17.2. The molecule has 2 aromatic rings. The maximum Gasteiger partial charge on any atom is 0.291 e. The van der Waals surface area contributed by atoms with E-state index < -0.39 is 0 Å². The molecule has 1 saturated heterocycles. The summed E-state index contributed by atoms with van der Waals surface area (Å²) in [7, 11) is 0. The average molecular weight is 381 g/mol. The zero-order valence-corrected chi connectivity index (χ0v) is 16.4. The zero-order valence-electron chi connectivity index (χ0n) is 16.4. The van der Waals surface area contributed by atoms with E-state index in [-0.39, 0.29) is 11.8 Å². The number of carbonyl (C=O) groups is 2. The standard InChI is InChI=1S/C21H27N5O2/c1-2-24-12-14-25(15-13-24)21(28)18-17-10-6-7-11-26(17)19(23-18)20(27)22-16-8-4-3-5-9-16/h3-5,8-9H,2,6-7,10-15H2,1H3,(H,22,27). The van der Waals surface area contributed by atoms with Crippen LogP contribution in [0.15, 0.2) is 30.3 Å². The van der Waals surface area contributed by atoms with Crippen LogP contribution >= 0.6 is 0 Å². The highest BCUT2D eigenvalue weighted by Crippen LogP contribution is 2.23. The van der Waals surface area contributed by atoms with E-state index in [0.29, 0.717) is 24.6 Å². The van der Waals surface area contributed by atoms with Crippen LogP contribution in [0.4, 0.5) is 5.69 Å². The van der Waals surface area contributed by atoms with Crippen molar-refractivity contribution < 1.29 is 9.59 Å². The number of nitrogens with zero attached hydrogens (tertiary/aromatic N) is 4. The van der Waals surface area contributed by atoms with Crippen molar-refractivity contribution in [1.29, 1.82) is 0 Å². The Morgan fingerprint density at radius 1 is 1.04 bits per heavy atom. The molecule has 2 amide bonds. The highest BCUT2D eigenvalue weighted by Gasteiger charge is 2.31. The number of rotatable bonds is 4. The molecule has 0 spiro atoms. The van der Waals surface area contributed by atoms with Crippen LogP contribution in [0.25, 0.3) is 0 Å². The van der Waals surface area contributed by atoms with E-state index in [2.05, 4.69) is 22.1 Å². The minimum atomic E-state index is -0.260. The molecule has 0 bridgehead atoms. The largest absolute Gasteiger partial charge is 0.335 e. The molecule has 0 radical (unpaired) electrons. The first-order chi connectivity index (χ1) is 13.7. The Balaban J connectivity index is 1.58. The molecule has 1 aromatic carbocycles. The second-order valence-electron chi connectivity index (χ2n) is 7.39. The minimum Gasteiger partial charge on any atom is -0.335 e. The second-order valence-corrected chi connectivity index (χ2v) is 7.39. The number of hydrogen-bond acceptors (Lipinski definition) is 4. The van der Waals surface area contributed by atoms with Gasteiger partial charge in [-0.25, -0.2) is 4.98 Å². The number of fused-ring (bicyclic) bond motifs is 1. The lowest BCUT2D eigenvalue weighted by molar-refractivity contribution is 0.0636. The number of aromatic nitrogens is 2. The van der Waals surface area contributed by atoms with Gasteiger partial charge in [-0.2, -0.15) is 0 Å². The number of hydrogen-bond donors (Lipinski definition) is 1. The Bertz CT molecular complexity index is 853. The topological polar surface area (TPSA) is 70.5 Å². The second kappa shape index (κ2) is 8.14. The average Bonchev–Trinajstić information content (AvgIpc) is 3.14. The molecule has 0 unspecified atom stereocenters. The van der Waals surface area contributed by atoms with Gasteiger partial charge in [0.2, 0.25) is 0 Å². The van der Waals surface area contributed by atoms with Gasteiger partial charge in [0.25, 0.3) is 11.8 Å². The number of imidazole rings is 1. The molecule has 4 rings (SSSR count). The summed E-state index contributed by atoms with van der Waals surface area (Å²) in [5.74, 6) is 0.0402. The Kier molecular flexibility index (Phi) is 5.43. The van der Waals surface area contributed by atoms with Crippen LogP contribution < -0.4 is 5.32 Å². The van der Waals surface area contributed by atoms with Crippen LogP contribution in [0, 0.1) is 0 Å². The number of likely N-dealkylation sites (N-methyl/N-ethyl adjacent to an activating group) is 1. The number of piperazine rings is 1. The third kappa shape index (κ3) is 3.67. The van der Waals surface area contributed by atoms with Crippen LogP contribution in [-0.4, -0.2) is 63.9 Å². The Morgan fingerprint density at radius 3 is 2.50 bits per heavy atom. The van der Waals surface area contributed by atoms with Gasteiger partial charge in [0, 0.05) is 38.4 Å². The number of anilines is 1. The Hall–Kier alpha value is -2.67. The fourth-order valence-corrected chi connectivity index (χ4v) is 4.01. The fourth-order valence-electron chi connectivity index (χ4n) is 4.01. The van der Waals surface area contributed by atoms with Crippen molar-refractivity contribution in [1.82, 2.24) is 19.4 Å². The molecule has 1 fully saturated rings. The van der Waals surface area contributed by atoms with Crippen LogP contribution in [0.5, 0.6) is 0 Å². The van der Waals surface area contributed by atoms with Gasteiger partial charge in [-0.05, 0) is 37.9 Å². The van der Waals surface area contributed by atoms with Gasteiger partial charge >= 0.3 is 0 Å². The lowest BCUT2D eigenvalue weighted by Crippen LogP contribution is -2.48. The lowest BCUT2D eigenvalue weighted by Gasteiger charge is -2.33. The van der Waals surface area contributed by atoms with Crippen molar-refractivity contribution in [2.24, 2.45) is 0 Å². The molecule has 0 saturated carbocycles. The number of amides is 2. The Labute approximate surface area is 165 Å². The number of benzene rings is 1. The van der Waals surface area contributed by atoms with Crippen LogP contribution in [0.1, 0.15) is 46.6 Å². The van der Waals surface area contributed by atoms with Crippen LogP contribution in [-0.2, 0) is 13.0 Å². The summed E-state index contributed by atoms with van der Waals surface area (Å²) in [5, 5.41) is 2.90. The quantitative estimate of drug-likeness (QED) is 0.882. The Morgan fingerprint density at radius 2 is 1.79 bits per heavy atom. The highest BCUT2D eigenvalue weighted by atomic mass is 16.2. The maximum atomic E-state index is 13.2. The first kappa shape index (κ1) is 18.7. The van der Waals surface area contributed by atoms with Gasteiger partial charge in [0.1, 0.15) is 5.69 Å². The molecule has 28 heavy (non-hydrogen) atoms. The smallest absolute Gasteiger partial charge is 0.291 e. The van der Waals surface area contributed by atoms with Gasteiger partial charge < -0.3 is 19.7 Å². The summed E-state index contributed by atoms with van der Waals surface area (Å²) in [4.78, 5) is 34.8. The summed E-state index contributed by atoms with van der Waals surface area (Å²) >= 11 is 0. The minimum absolute atomic E-state index is 0.0415. The summed E-state index contributed by atoms with van der Waals surface area (Å²) < 4.78 is 1.94. The van der Waals surface area contributed by atoms with E-state index in [1.54, 1.807) is 0 Å². The molecule has 0 aliphatic carbocycles. The molecule has 148 valence electrons. The van der Waals surface area contributed by atoms with E-state index in [9.17, 15) is 9.59 Å². The monoisotopic (exact) mass is 381 g/mol. The molecule has 7 heteroatoms. The van der Waals surface area contributed by atoms with E-state index in [0.717, 1.165) is 56.8 Å². The lowest BCUT2D eigenvalue weighted by atomic mass is 10.1. The highest BCUT2D eigenvalue weighted by molar-refractivity contribution is 6.03. The molecule has 3 heterocycles. The molecule has 2 aliphatic rings. The molecule has 1 aromatic heterocycles. The van der Waals surface area contributed by atoms with E-state index in [4.69, 9.17) is 0 Å². The zero-order chi connectivity index (χ0) is 19.5. The number of para-hydroxylation sites is 1. The summed E-state index contributed by atoms with van der Waals surface area (Å²) in [6, 6.07) is 9.35. The van der Waals surface area contributed by atoms with E-state index in [1.807, 2.05) is 39.8 Å². The molecule has 1 N–H and O–H groups in total. The number of nitrogens with one attached hydrogen (secondary N) is 1. The third-order valence-corrected chi connectivity index (χ3v) is 5.66. The van der Waals surface area contributed by atoms with Gasteiger partial charge in [0.05, 0.1) is 5.69 Å². The van der Waals surface area contributed by atoms with Crippen LogP contribution in [0.3, 0.4) is 0 Å². The molecular weight excluding hydrogens is 354 g/mol. The summed E-state index contributed by atoms with van der Waals surface area (Å²) in [6.07, 6.45) is 2.81. The van der Waals surface area contributed by atoms with Crippen molar-refractivity contribution in [3.63, 3.8) is 0 Å². The predicted octanol–water partition coefficient (Wildman–Crippen LogP) is 2.25. The van der Waals surface area contributed by atoms with Crippen molar-refractivity contribution in [2.45, 2.75) is 32.7 Å². The van der Waals surface area contributed by atoms with Crippen molar-refractivity contribution >= 4 is 17.5 Å². The maximum absolute atomic E-state index is 13.2. The van der Waals surface area contributed by atoms with Gasteiger partial charge in [0.15, 0.2) is 5.82 Å². The molecular formula is C21H27N5O2. The van der Waals surface area contributed by atoms with Crippen molar-refractivity contribution in [3.05, 3.63) is 47.5 Å². The van der Waals surface area contributed by atoms with Crippen molar-refractivity contribution in [2.75, 3.05) is 38.0 Å². The first-order valence-corrected chi connectivity index (χ1v) is 10.1. The fraction of sp³-hybridized carbons (Fsp3) is 0.476. The van der Waals surface area contributed by atoms with Gasteiger partial charge in [-0.1, -0.05) is 25.1 Å². The summed E-state index contributed by atoms with van der Waals surface area (Å²) in [5.41, 5.74) is 2.10. The predicted molar refractivity (Wildman–Crippen MR) is 108 cm³/mol. The SMILES string of the molecule is CCN1CCN(C(=O)c2nc(C(=O)Nc3ccccc3)n3c2CCCC3)CC1. The van der Waals surface area contributed by atoms with Crippen LogP contribution in [0.2, 0.25) is 0 Å². The molecule has 7 nitrogen and oxygen atoms in total. The molecule has 0 atom stereocenters. The first-order valence-electron chi connectivity index (χ1n) is 10.1. The third-order valence-electron chi connectivity index (χ3n) is 5.66. The summed E-state index contributed by atoms with van der Waals surface area (Å²) in [6.45, 7) is 7.08. The molecule has 2 aliphatic heterocycles. The van der Waals surface area contributed by atoms with E-state index in [1.165, 1.54) is 0 Å².